The highest BCUT2D eigenvalue weighted by Crippen LogP contribution is 2.27. The van der Waals surface area contributed by atoms with E-state index in [9.17, 15) is 27.1 Å². The molecule has 35 heavy (non-hydrogen) atoms. The molecule has 2 aromatic rings. The fourth-order valence-corrected chi connectivity index (χ4v) is 5.41. The second kappa shape index (κ2) is 11.9. The third-order valence-electron chi connectivity index (χ3n) is 5.06. The van der Waals surface area contributed by atoms with Gasteiger partial charge in [0, 0.05) is 43.1 Å². The molecule has 1 saturated heterocycles. The lowest BCUT2D eigenvalue weighted by atomic mass is 10.2. The van der Waals surface area contributed by atoms with E-state index in [0.29, 0.717) is 13.0 Å². The topological polar surface area (TPSA) is 134 Å². The minimum absolute atomic E-state index is 0.00169. The number of halogens is 2. The average Bonchev–Trinajstić information content (AvgIpc) is 2.79. The number of hydrogen-bond donors (Lipinski definition) is 3. The summed E-state index contributed by atoms with van der Waals surface area (Å²) in [5.41, 5.74) is 0.0660. The molecule has 14 heteroatoms. The van der Waals surface area contributed by atoms with Gasteiger partial charge in [0.15, 0.2) is 22.9 Å². The zero-order valence-electron chi connectivity index (χ0n) is 19.2. The molecule has 0 amide bonds. The number of ether oxygens (including phenoxy) is 1. The highest BCUT2D eigenvalue weighted by atomic mass is 32.2. The Kier molecular flexibility index (Phi) is 9.21. The predicted molar refractivity (Wildman–Crippen MR) is 126 cm³/mol. The molecule has 2 heterocycles. The van der Waals surface area contributed by atoms with Gasteiger partial charge >= 0.3 is 16.2 Å². The maximum atomic E-state index is 14.0. The summed E-state index contributed by atoms with van der Waals surface area (Å²) >= 11 is 0.921. The predicted octanol–water partition coefficient (Wildman–Crippen LogP) is 2.63. The molecule has 1 fully saturated rings. The van der Waals surface area contributed by atoms with E-state index < -0.39 is 33.9 Å². The van der Waals surface area contributed by atoms with Crippen molar-refractivity contribution in [1.82, 2.24) is 19.6 Å². The first-order chi connectivity index (χ1) is 16.6. The minimum Gasteiger partial charge on any atom is -0.479 e. The molecule has 0 bridgehead atoms. The first kappa shape index (κ1) is 27.0. The van der Waals surface area contributed by atoms with Crippen LogP contribution in [0.3, 0.4) is 0 Å². The van der Waals surface area contributed by atoms with Gasteiger partial charge < -0.3 is 15.2 Å². The molecule has 0 unspecified atom stereocenters. The van der Waals surface area contributed by atoms with Crippen LogP contribution in [-0.2, 0) is 20.8 Å². The van der Waals surface area contributed by atoms with Gasteiger partial charge in [-0.3, -0.25) is 4.72 Å². The smallest absolute Gasteiger partial charge is 0.344 e. The second-order valence-corrected chi connectivity index (χ2v) is 10.5. The van der Waals surface area contributed by atoms with Gasteiger partial charge in [-0.05, 0) is 19.4 Å². The van der Waals surface area contributed by atoms with Gasteiger partial charge in [0.1, 0.15) is 5.82 Å². The summed E-state index contributed by atoms with van der Waals surface area (Å²) in [6.45, 7) is 4.65. The molecule has 3 N–H and O–H groups in total. The Bertz CT molecular complexity index is 1150. The van der Waals surface area contributed by atoms with E-state index in [-0.39, 0.29) is 53.7 Å². The van der Waals surface area contributed by atoms with E-state index in [1.54, 1.807) is 6.92 Å². The molecule has 1 aromatic carbocycles. The fraction of sp³-hybridized carbons (Fsp3) is 0.476. The van der Waals surface area contributed by atoms with Crippen molar-refractivity contribution in [2.24, 2.45) is 0 Å². The summed E-state index contributed by atoms with van der Waals surface area (Å²) in [5.74, 6) is -3.54. The Hall–Kier alpha value is -2.55. The van der Waals surface area contributed by atoms with Gasteiger partial charge in [0.2, 0.25) is 5.88 Å². The summed E-state index contributed by atoms with van der Waals surface area (Å²) in [5, 5.41) is 12.6. The summed E-state index contributed by atoms with van der Waals surface area (Å²) in [6.07, 6.45) is -0.467. The van der Waals surface area contributed by atoms with Crippen LogP contribution < -0.4 is 14.8 Å². The largest absolute Gasteiger partial charge is 0.479 e. The van der Waals surface area contributed by atoms with Crippen molar-refractivity contribution in [3.63, 3.8) is 0 Å². The van der Waals surface area contributed by atoms with E-state index in [2.05, 4.69) is 20.0 Å². The molecule has 1 aliphatic rings. The normalized spacial score (nSPS) is 17.7. The molecule has 3 rings (SSSR count). The molecule has 1 aromatic heterocycles. The lowest BCUT2D eigenvalue weighted by Gasteiger charge is -2.30. The quantitative estimate of drug-likeness (QED) is 0.296. The number of aromatic nitrogens is 2. The van der Waals surface area contributed by atoms with Crippen molar-refractivity contribution >= 4 is 33.8 Å². The molecule has 192 valence electrons. The Labute approximate surface area is 206 Å². The number of anilines is 1. The molecule has 2 atom stereocenters. The van der Waals surface area contributed by atoms with Crippen molar-refractivity contribution < 1.29 is 31.8 Å². The van der Waals surface area contributed by atoms with Gasteiger partial charge in [0.25, 0.3) is 0 Å². The summed E-state index contributed by atoms with van der Waals surface area (Å²) in [4.78, 5) is 19.9. The molecule has 10 nitrogen and oxygen atoms in total. The maximum Gasteiger partial charge on any atom is 0.344 e. The number of nitrogens with one attached hydrogen (secondary N) is 2. The minimum atomic E-state index is -3.97. The number of carbonyl (C=O) groups is 1. The summed E-state index contributed by atoms with van der Waals surface area (Å²) < 4.78 is 62.6. The SMILES string of the molecule is CCC[C@@H](Oc1cc(NS(=O)(=O)N2CCN[C@@H](C)C2)nc(SCc2cccc(F)c2F)n1)C(=O)O. The van der Waals surface area contributed by atoms with Crippen molar-refractivity contribution in [3.8, 4) is 5.88 Å². The van der Waals surface area contributed by atoms with E-state index in [1.807, 2.05) is 6.92 Å². The van der Waals surface area contributed by atoms with Crippen molar-refractivity contribution in [3.05, 3.63) is 41.5 Å². The maximum absolute atomic E-state index is 14.0. The van der Waals surface area contributed by atoms with E-state index in [4.69, 9.17) is 4.74 Å². The number of thioether (sulfide) groups is 1. The monoisotopic (exact) mass is 531 g/mol. The van der Waals surface area contributed by atoms with Crippen LogP contribution >= 0.6 is 11.8 Å². The zero-order chi connectivity index (χ0) is 25.6. The Morgan fingerprint density at radius 3 is 2.86 bits per heavy atom. The number of hydrogen-bond acceptors (Lipinski definition) is 8. The first-order valence-corrected chi connectivity index (χ1v) is 13.4. The van der Waals surface area contributed by atoms with Crippen LogP contribution in [0.15, 0.2) is 29.4 Å². The zero-order valence-corrected chi connectivity index (χ0v) is 20.8. The van der Waals surface area contributed by atoms with Crippen LogP contribution in [-0.4, -0.2) is 65.5 Å². The molecule has 0 aliphatic carbocycles. The molecule has 1 aliphatic heterocycles. The molecule has 0 saturated carbocycles. The highest BCUT2D eigenvalue weighted by molar-refractivity contribution is 7.98. The number of carboxylic acids is 1. The van der Waals surface area contributed by atoms with Crippen molar-refractivity contribution in [2.75, 3.05) is 24.4 Å². The van der Waals surface area contributed by atoms with Crippen LogP contribution in [0.5, 0.6) is 5.88 Å². The number of piperazine rings is 1. The average molecular weight is 532 g/mol. The number of nitrogens with zero attached hydrogens (tertiary/aromatic N) is 3. The van der Waals surface area contributed by atoms with Crippen LogP contribution in [0, 0.1) is 11.6 Å². The van der Waals surface area contributed by atoms with Crippen LogP contribution in [0.2, 0.25) is 0 Å². The summed E-state index contributed by atoms with van der Waals surface area (Å²) in [7, 11) is -3.97. The van der Waals surface area contributed by atoms with Crippen LogP contribution in [0.4, 0.5) is 14.6 Å². The fourth-order valence-electron chi connectivity index (χ4n) is 3.34. The van der Waals surface area contributed by atoms with Crippen LogP contribution in [0.1, 0.15) is 32.3 Å². The standard InChI is InChI=1S/C21H27F2N5O5S2/c1-3-5-16(20(29)30)33-18-10-17(27-35(31,32)28-9-8-24-13(2)11-28)25-21(26-18)34-12-14-6-4-7-15(22)19(14)23/h4,6-7,10,13,16,24H,3,5,8-9,11-12H2,1-2H3,(H,29,30)(H,25,26,27)/t13-,16+/m0/s1. The van der Waals surface area contributed by atoms with Gasteiger partial charge in [-0.1, -0.05) is 37.2 Å². The van der Waals surface area contributed by atoms with Gasteiger partial charge in [-0.25, -0.2) is 18.6 Å². The van der Waals surface area contributed by atoms with Crippen molar-refractivity contribution in [1.29, 1.82) is 0 Å². The highest BCUT2D eigenvalue weighted by Gasteiger charge is 2.28. The van der Waals surface area contributed by atoms with Gasteiger partial charge in [-0.15, -0.1) is 0 Å². The lowest BCUT2D eigenvalue weighted by molar-refractivity contribution is -0.145. The van der Waals surface area contributed by atoms with Gasteiger partial charge in [0.05, 0.1) is 0 Å². The van der Waals surface area contributed by atoms with E-state index in [1.165, 1.54) is 22.5 Å². The number of carboxylic acid groups (broad SMARTS) is 1. The molecule has 0 spiro atoms. The van der Waals surface area contributed by atoms with E-state index in [0.717, 1.165) is 17.8 Å². The third-order valence-corrected chi connectivity index (χ3v) is 7.44. The Morgan fingerprint density at radius 1 is 1.40 bits per heavy atom. The summed E-state index contributed by atoms with van der Waals surface area (Å²) in [6, 6.07) is 4.93. The first-order valence-electron chi connectivity index (χ1n) is 10.9. The number of benzene rings is 1. The Morgan fingerprint density at radius 2 is 2.17 bits per heavy atom. The molecular weight excluding hydrogens is 504 g/mol. The molecular formula is C21H27F2N5O5S2. The number of aliphatic carboxylic acids is 1. The van der Waals surface area contributed by atoms with Crippen molar-refractivity contribution in [2.45, 2.75) is 49.7 Å². The second-order valence-electron chi connectivity index (χ2n) is 7.93. The van der Waals surface area contributed by atoms with Gasteiger partial charge in [-0.2, -0.15) is 17.7 Å². The Balaban J connectivity index is 1.88. The van der Waals surface area contributed by atoms with E-state index >= 15 is 0 Å². The third kappa shape index (κ3) is 7.46. The van der Waals surface area contributed by atoms with Crippen LogP contribution in [0.25, 0.3) is 0 Å². The number of rotatable bonds is 11. The molecule has 0 radical (unpaired) electrons. The lowest BCUT2D eigenvalue weighted by Crippen LogP contribution is -2.52.